The zero-order valence-electron chi connectivity index (χ0n) is 18.7. The van der Waals surface area contributed by atoms with Crippen molar-refractivity contribution in [1.29, 1.82) is 0 Å². The molecule has 1 aromatic carbocycles. The Hall–Kier alpha value is -2.36. The van der Waals surface area contributed by atoms with E-state index in [0.717, 1.165) is 38.1 Å². The standard InChI is InChI=1S/C22H32F4N4O2/c1-21(2,3)29-20(32)27-6-9-30-7-4-15(5-8-30)14-28-19(31)17-10-16(13-23)11-18(12-17)22(24,25)26/h10-12,15H,4-9,13-14H2,1-3H3,(H,28,31)(H2,27,29,32). The summed E-state index contributed by atoms with van der Waals surface area (Å²) in [5.41, 5.74) is -1.70. The van der Waals surface area contributed by atoms with Crippen molar-refractivity contribution < 1.29 is 27.2 Å². The summed E-state index contributed by atoms with van der Waals surface area (Å²) in [6.07, 6.45) is -2.99. The van der Waals surface area contributed by atoms with Crippen LogP contribution in [0, 0.1) is 5.92 Å². The van der Waals surface area contributed by atoms with E-state index in [4.69, 9.17) is 0 Å². The molecule has 0 atom stereocenters. The van der Waals surface area contributed by atoms with Gasteiger partial charge in [0.25, 0.3) is 5.91 Å². The minimum Gasteiger partial charge on any atom is -0.352 e. The summed E-state index contributed by atoms with van der Waals surface area (Å²) in [4.78, 5) is 26.3. The lowest BCUT2D eigenvalue weighted by Gasteiger charge is -2.32. The largest absolute Gasteiger partial charge is 0.416 e. The highest BCUT2D eigenvalue weighted by atomic mass is 19.4. The van der Waals surface area contributed by atoms with Crippen LogP contribution in [0.15, 0.2) is 18.2 Å². The Balaban J connectivity index is 1.75. The number of nitrogens with one attached hydrogen (secondary N) is 3. The fourth-order valence-corrected chi connectivity index (χ4v) is 3.53. The van der Waals surface area contributed by atoms with E-state index in [1.165, 1.54) is 0 Å². The Morgan fingerprint density at radius 1 is 1.06 bits per heavy atom. The number of nitrogens with zero attached hydrogens (tertiary/aromatic N) is 1. The minimum atomic E-state index is -4.64. The Bertz CT molecular complexity index is 785. The molecule has 1 aliphatic heterocycles. The third-order valence-electron chi connectivity index (χ3n) is 5.20. The molecule has 2 rings (SSSR count). The number of benzene rings is 1. The molecule has 0 bridgehead atoms. The Kier molecular flexibility index (Phi) is 8.89. The molecule has 3 amide bonds. The first-order valence-electron chi connectivity index (χ1n) is 10.7. The average molecular weight is 461 g/mol. The zero-order chi connectivity index (χ0) is 23.9. The monoisotopic (exact) mass is 460 g/mol. The number of rotatable bonds is 7. The van der Waals surface area contributed by atoms with E-state index < -0.39 is 24.3 Å². The summed E-state index contributed by atoms with van der Waals surface area (Å²) in [7, 11) is 0. The highest BCUT2D eigenvalue weighted by molar-refractivity contribution is 5.94. The van der Waals surface area contributed by atoms with Gasteiger partial charge >= 0.3 is 12.2 Å². The number of halogens is 4. The van der Waals surface area contributed by atoms with Crippen LogP contribution in [-0.4, -0.2) is 55.1 Å². The van der Waals surface area contributed by atoms with Crippen molar-refractivity contribution in [3.63, 3.8) is 0 Å². The second-order valence-corrected chi connectivity index (χ2v) is 9.18. The number of hydrogen-bond acceptors (Lipinski definition) is 3. The van der Waals surface area contributed by atoms with Crippen molar-refractivity contribution in [3.8, 4) is 0 Å². The number of carbonyl (C=O) groups excluding carboxylic acids is 2. The SMILES string of the molecule is CC(C)(C)NC(=O)NCCN1CCC(CNC(=O)c2cc(CF)cc(C(F)(F)F)c2)CC1. The van der Waals surface area contributed by atoms with Gasteiger partial charge in [-0.15, -0.1) is 0 Å². The van der Waals surface area contributed by atoms with Crippen LogP contribution in [0.1, 0.15) is 55.1 Å². The fourth-order valence-electron chi connectivity index (χ4n) is 3.53. The number of carbonyl (C=O) groups is 2. The molecule has 0 aromatic heterocycles. The first-order chi connectivity index (χ1) is 14.9. The molecule has 0 spiro atoms. The normalized spacial score (nSPS) is 16.0. The van der Waals surface area contributed by atoms with E-state index in [0.29, 0.717) is 25.7 Å². The lowest BCUT2D eigenvalue weighted by Crippen LogP contribution is -2.48. The van der Waals surface area contributed by atoms with Crippen LogP contribution in [0.3, 0.4) is 0 Å². The summed E-state index contributed by atoms with van der Waals surface area (Å²) in [6.45, 7) is 7.84. The molecule has 1 fully saturated rings. The summed E-state index contributed by atoms with van der Waals surface area (Å²) in [6, 6.07) is 2.41. The maximum Gasteiger partial charge on any atom is 0.416 e. The molecule has 0 aliphatic carbocycles. The third kappa shape index (κ3) is 8.64. The third-order valence-corrected chi connectivity index (χ3v) is 5.20. The van der Waals surface area contributed by atoms with Crippen LogP contribution >= 0.6 is 0 Å². The number of alkyl halides is 4. The van der Waals surface area contributed by atoms with Crippen LogP contribution in [-0.2, 0) is 12.9 Å². The molecule has 1 aliphatic rings. The predicted octanol–water partition coefficient (Wildman–Crippen LogP) is 3.71. The molecule has 6 nitrogen and oxygen atoms in total. The van der Waals surface area contributed by atoms with Gasteiger partial charge in [0.2, 0.25) is 0 Å². The summed E-state index contributed by atoms with van der Waals surface area (Å²) in [5.74, 6) is -0.430. The van der Waals surface area contributed by atoms with Crippen LogP contribution in [0.25, 0.3) is 0 Å². The molecular formula is C22H32F4N4O2. The van der Waals surface area contributed by atoms with Crippen molar-refractivity contribution in [2.24, 2.45) is 5.92 Å². The summed E-state index contributed by atoms with van der Waals surface area (Å²) >= 11 is 0. The van der Waals surface area contributed by atoms with E-state index in [1.807, 2.05) is 20.8 Å². The second-order valence-electron chi connectivity index (χ2n) is 9.18. The van der Waals surface area contributed by atoms with Crippen LogP contribution in [0.5, 0.6) is 0 Å². The first-order valence-corrected chi connectivity index (χ1v) is 10.7. The minimum absolute atomic E-state index is 0.178. The van der Waals surface area contributed by atoms with Crippen molar-refractivity contribution in [3.05, 3.63) is 34.9 Å². The lowest BCUT2D eigenvalue weighted by molar-refractivity contribution is -0.137. The van der Waals surface area contributed by atoms with Gasteiger partial charge in [-0.05, 0) is 76.4 Å². The highest BCUT2D eigenvalue weighted by Crippen LogP contribution is 2.31. The van der Waals surface area contributed by atoms with Crippen LogP contribution < -0.4 is 16.0 Å². The van der Waals surface area contributed by atoms with E-state index in [1.54, 1.807) is 0 Å². The van der Waals surface area contributed by atoms with Crippen molar-refractivity contribution in [2.45, 2.75) is 52.0 Å². The van der Waals surface area contributed by atoms with E-state index in [2.05, 4.69) is 20.9 Å². The molecule has 0 unspecified atom stereocenters. The second kappa shape index (κ2) is 11.0. The van der Waals surface area contributed by atoms with Gasteiger partial charge in [-0.25, -0.2) is 9.18 Å². The topological polar surface area (TPSA) is 73.5 Å². The molecule has 3 N–H and O–H groups in total. The van der Waals surface area contributed by atoms with Crippen molar-refractivity contribution in [1.82, 2.24) is 20.9 Å². The molecule has 0 saturated carbocycles. The smallest absolute Gasteiger partial charge is 0.352 e. The first kappa shape index (κ1) is 25.9. The maximum atomic E-state index is 13.0. The molecule has 1 aromatic rings. The van der Waals surface area contributed by atoms with E-state index >= 15 is 0 Å². The van der Waals surface area contributed by atoms with E-state index in [9.17, 15) is 27.2 Å². The zero-order valence-corrected chi connectivity index (χ0v) is 18.7. The maximum absolute atomic E-state index is 13.0. The number of urea groups is 1. The Labute approximate surface area is 186 Å². The number of hydrogen-bond donors (Lipinski definition) is 3. The quantitative estimate of drug-likeness (QED) is 0.543. The summed E-state index contributed by atoms with van der Waals surface area (Å²) < 4.78 is 51.9. The van der Waals surface area contributed by atoms with E-state index in [-0.39, 0.29) is 28.6 Å². The molecule has 1 heterocycles. The highest BCUT2D eigenvalue weighted by Gasteiger charge is 2.32. The van der Waals surface area contributed by atoms with Gasteiger partial charge in [0.05, 0.1) is 5.56 Å². The predicted molar refractivity (Wildman–Crippen MR) is 114 cm³/mol. The Morgan fingerprint density at radius 3 is 2.28 bits per heavy atom. The van der Waals surface area contributed by atoms with Gasteiger partial charge in [0.15, 0.2) is 0 Å². The van der Waals surface area contributed by atoms with Gasteiger partial charge < -0.3 is 20.9 Å². The average Bonchev–Trinajstić information content (AvgIpc) is 2.70. The lowest BCUT2D eigenvalue weighted by atomic mass is 9.96. The number of piperidine rings is 1. The molecule has 180 valence electrons. The molecule has 10 heteroatoms. The van der Waals surface area contributed by atoms with Crippen molar-refractivity contribution in [2.75, 3.05) is 32.7 Å². The van der Waals surface area contributed by atoms with Gasteiger partial charge in [-0.3, -0.25) is 4.79 Å². The van der Waals surface area contributed by atoms with Gasteiger partial charge in [0, 0.05) is 30.7 Å². The molecular weight excluding hydrogens is 428 g/mol. The number of likely N-dealkylation sites (tertiary alicyclic amines) is 1. The van der Waals surface area contributed by atoms with Crippen LogP contribution in [0.2, 0.25) is 0 Å². The van der Waals surface area contributed by atoms with Crippen molar-refractivity contribution >= 4 is 11.9 Å². The van der Waals surface area contributed by atoms with Gasteiger partial charge in [-0.2, -0.15) is 13.2 Å². The molecule has 32 heavy (non-hydrogen) atoms. The Morgan fingerprint density at radius 2 is 1.72 bits per heavy atom. The molecule has 1 saturated heterocycles. The van der Waals surface area contributed by atoms with Gasteiger partial charge in [0.1, 0.15) is 6.67 Å². The van der Waals surface area contributed by atoms with Crippen LogP contribution in [0.4, 0.5) is 22.4 Å². The summed E-state index contributed by atoms with van der Waals surface area (Å²) in [5, 5.41) is 8.34. The number of amides is 3. The molecule has 0 radical (unpaired) electrons. The fraction of sp³-hybridized carbons (Fsp3) is 0.636. The van der Waals surface area contributed by atoms with Gasteiger partial charge in [-0.1, -0.05) is 0 Å².